The van der Waals surface area contributed by atoms with Crippen molar-refractivity contribution in [2.75, 3.05) is 6.54 Å². The van der Waals surface area contributed by atoms with E-state index in [1.165, 1.54) is 17.2 Å². The second-order valence-corrected chi connectivity index (χ2v) is 5.10. The fourth-order valence-electron chi connectivity index (χ4n) is 3.01. The molecule has 0 spiro atoms. The molecule has 3 rings (SSSR count). The molecule has 0 fully saturated rings. The van der Waals surface area contributed by atoms with Gasteiger partial charge >= 0.3 is 0 Å². The minimum absolute atomic E-state index is 0.159. The molecule has 2 aromatic rings. The Morgan fingerprint density at radius 1 is 1.21 bits per heavy atom. The van der Waals surface area contributed by atoms with E-state index in [2.05, 4.69) is 36.5 Å². The molecule has 2 unspecified atom stereocenters. The molecule has 98 valence electrons. The van der Waals surface area contributed by atoms with Crippen LogP contribution in [0.2, 0.25) is 0 Å². The molecule has 0 heterocycles. The van der Waals surface area contributed by atoms with Gasteiger partial charge in [-0.05, 0) is 41.8 Å². The van der Waals surface area contributed by atoms with E-state index < -0.39 is 0 Å². The van der Waals surface area contributed by atoms with Crippen molar-refractivity contribution >= 4 is 0 Å². The van der Waals surface area contributed by atoms with Gasteiger partial charge in [0.1, 0.15) is 5.82 Å². The quantitative estimate of drug-likeness (QED) is 0.876. The minimum Gasteiger partial charge on any atom is -0.310 e. The maximum atomic E-state index is 13.4. The Kier molecular flexibility index (Phi) is 3.34. The maximum Gasteiger partial charge on any atom is 0.123 e. The molecule has 1 nitrogen and oxygen atoms in total. The smallest absolute Gasteiger partial charge is 0.123 e. The summed E-state index contributed by atoms with van der Waals surface area (Å²) in [4.78, 5) is 0. The first-order valence-corrected chi connectivity index (χ1v) is 6.86. The third-order valence-electron chi connectivity index (χ3n) is 3.93. The van der Waals surface area contributed by atoms with E-state index in [9.17, 15) is 4.39 Å². The summed E-state index contributed by atoms with van der Waals surface area (Å²) in [6.45, 7) is 2.98. The molecule has 2 aromatic carbocycles. The SMILES string of the molecule is CCNC(c1cccc(F)c1)C1Cc2ccccc21. The van der Waals surface area contributed by atoms with Crippen molar-refractivity contribution in [3.8, 4) is 0 Å². The van der Waals surface area contributed by atoms with Crippen LogP contribution in [0, 0.1) is 5.82 Å². The van der Waals surface area contributed by atoms with Crippen LogP contribution < -0.4 is 5.32 Å². The summed E-state index contributed by atoms with van der Waals surface area (Å²) in [6, 6.07) is 15.7. The lowest BCUT2D eigenvalue weighted by molar-refractivity contribution is 0.418. The monoisotopic (exact) mass is 255 g/mol. The molecular weight excluding hydrogens is 237 g/mol. The largest absolute Gasteiger partial charge is 0.310 e. The van der Waals surface area contributed by atoms with Crippen LogP contribution in [0.25, 0.3) is 0 Å². The predicted molar refractivity (Wildman–Crippen MR) is 75.7 cm³/mol. The molecule has 0 amide bonds. The topological polar surface area (TPSA) is 12.0 Å². The van der Waals surface area contributed by atoms with Gasteiger partial charge in [0.15, 0.2) is 0 Å². The highest BCUT2D eigenvalue weighted by Crippen LogP contribution is 2.43. The first-order chi connectivity index (χ1) is 9.29. The highest BCUT2D eigenvalue weighted by Gasteiger charge is 2.33. The summed E-state index contributed by atoms with van der Waals surface area (Å²) in [6.07, 6.45) is 1.07. The first kappa shape index (κ1) is 12.4. The van der Waals surface area contributed by atoms with Crippen LogP contribution in [-0.2, 0) is 6.42 Å². The average Bonchev–Trinajstić information content (AvgIpc) is 2.39. The Balaban J connectivity index is 1.91. The van der Waals surface area contributed by atoms with Gasteiger partial charge in [0.2, 0.25) is 0 Å². The number of benzene rings is 2. The average molecular weight is 255 g/mol. The molecular formula is C17H18FN. The Bertz CT molecular complexity index is 579. The number of hydrogen-bond acceptors (Lipinski definition) is 1. The Labute approximate surface area is 113 Å². The van der Waals surface area contributed by atoms with Crippen LogP contribution in [0.3, 0.4) is 0 Å². The van der Waals surface area contributed by atoms with Crippen molar-refractivity contribution in [3.05, 3.63) is 71.0 Å². The van der Waals surface area contributed by atoms with E-state index in [1.807, 2.05) is 6.07 Å². The van der Waals surface area contributed by atoms with Crippen molar-refractivity contribution in [2.45, 2.75) is 25.3 Å². The molecule has 0 aliphatic heterocycles. The first-order valence-electron chi connectivity index (χ1n) is 6.86. The third-order valence-corrected chi connectivity index (χ3v) is 3.93. The highest BCUT2D eigenvalue weighted by atomic mass is 19.1. The van der Waals surface area contributed by atoms with Crippen LogP contribution in [0.15, 0.2) is 48.5 Å². The maximum absolute atomic E-state index is 13.4. The Hall–Kier alpha value is -1.67. The normalized spacial score (nSPS) is 18.5. The second kappa shape index (κ2) is 5.14. The summed E-state index contributed by atoms with van der Waals surface area (Å²) in [5, 5.41) is 3.50. The van der Waals surface area contributed by atoms with Gasteiger partial charge in [-0.2, -0.15) is 0 Å². The van der Waals surface area contributed by atoms with Gasteiger partial charge in [0, 0.05) is 12.0 Å². The number of likely N-dealkylation sites (N-methyl/N-ethyl adjacent to an activating group) is 1. The van der Waals surface area contributed by atoms with Crippen LogP contribution in [0.4, 0.5) is 4.39 Å². The van der Waals surface area contributed by atoms with E-state index >= 15 is 0 Å². The summed E-state index contributed by atoms with van der Waals surface area (Å²) in [5.74, 6) is 0.297. The predicted octanol–water partition coefficient (Wildman–Crippen LogP) is 3.82. The lowest BCUT2D eigenvalue weighted by atomic mass is 9.71. The van der Waals surface area contributed by atoms with Gasteiger partial charge in [-0.1, -0.05) is 43.3 Å². The van der Waals surface area contributed by atoms with E-state index in [1.54, 1.807) is 12.1 Å². The number of halogens is 1. The van der Waals surface area contributed by atoms with Crippen molar-refractivity contribution in [1.29, 1.82) is 0 Å². The fraction of sp³-hybridized carbons (Fsp3) is 0.294. The molecule has 2 atom stereocenters. The fourth-order valence-corrected chi connectivity index (χ4v) is 3.01. The van der Waals surface area contributed by atoms with Crippen LogP contribution in [0.1, 0.15) is 35.6 Å². The van der Waals surface area contributed by atoms with Gasteiger partial charge in [-0.15, -0.1) is 0 Å². The number of nitrogens with one attached hydrogen (secondary N) is 1. The standard InChI is InChI=1S/C17H18FN/c1-2-19-17(13-7-5-8-14(18)10-13)16-11-12-6-3-4-9-15(12)16/h3-10,16-17,19H,2,11H2,1H3. The van der Waals surface area contributed by atoms with Crippen LogP contribution >= 0.6 is 0 Å². The molecule has 0 radical (unpaired) electrons. The van der Waals surface area contributed by atoms with Crippen LogP contribution in [-0.4, -0.2) is 6.54 Å². The Morgan fingerprint density at radius 3 is 2.79 bits per heavy atom. The van der Waals surface area contributed by atoms with E-state index in [0.717, 1.165) is 18.5 Å². The number of fused-ring (bicyclic) bond motifs is 1. The lowest BCUT2D eigenvalue weighted by Crippen LogP contribution is -2.33. The van der Waals surface area contributed by atoms with Crippen molar-refractivity contribution in [2.24, 2.45) is 0 Å². The van der Waals surface area contributed by atoms with Gasteiger partial charge in [0.05, 0.1) is 0 Å². The molecule has 1 N–H and O–H groups in total. The zero-order valence-electron chi connectivity index (χ0n) is 11.1. The van der Waals surface area contributed by atoms with Gasteiger partial charge in [-0.3, -0.25) is 0 Å². The lowest BCUT2D eigenvalue weighted by Gasteiger charge is -2.37. The van der Waals surface area contributed by atoms with E-state index in [4.69, 9.17) is 0 Å². The summed E-state index contributed by atoms with van der Waals surface area (Å²) in [7, 11) is 0. The third kappa shape index (κ3) is 2.28. The summed E-state index contributed by atoms with van der Waals surface area (Å²) >= 11 is 0. The zero-order valence-corrected chi connectivity index (χ0v) is 11.1. The summed E-state index contributed by atoms with van der Waals surface area (Å²) in [5.41, 5.74) is 3.87. The molecule has 1 aliphatic carbocycles. The molecule has 0 saturated carbocycles. The van der Waals surface area contributed by atoms with Crippen molar-refractivity contribution < 1.29 is 4.39 Å². The molecule has 2 heteroatoms. The van der Waals surface area contributed by atoms with Gasteiger partial charge in [0.25, 0.3) is 0 Å². The molecule has 0 saturated heterocycles. The Morgan fingerprint density at radius 2 is 2.05 bits per heavy atom. The second-order valence-electron chi connectivity index (χ2n) is 5.10. The highest BCUT2D eigenvalue weighted by molar-refractivity contribution is 5.43. The number of rotatable bonds is 4. The van der Waals surface area contributed by atoms with Gasteiger partial charge < -0.3 is 5.32 Å². The zero-order chi connectivity index (χ0) is 13.2. The minimum atomic E-state index is -0.159. The van der Waals surface area contributed by atoms with E-state index in [-0.39, 0.29) is 11.9 Å². The van der Waals surface area contributed by atoms with Crippen LogP contribution in [0.5, 0.6) is 0 Å². The molecule has 0 aromatic heterocycles. The molecule has 1 aliphatic rings. The van der Waals surface area contributed by atoms with E-state index in [0.29, 0.717) is 5.92 Å². The van der Waals surface area contributed by atoms with Crippen molar-refractivity contribution in [1.82, 2.24) is 5.32 Å². The van der Waals surface area contributed by atoms with Gasteiger partial charge in [-0.25, -0.2) is 4.39 Å². The molecule has 19 heavy (non-hydrogen) atoms. The molecule has 0 bridgehead atoms. The number of hydrogen-bond donors (Lipinski definition) is 1. The summed E-state index contributed by atoms with van der Waals surface area (Å²) < 4.78 is 13.4. The van der Waals surface area contributed by atoms with Crippen molar-refractivity contribution in [3.63, 3.8) is 0 Å².